The summed E-state index contributed by atoms with van der Waals surface area (Å²) in [7, 11) is 0. The van der Waals surface area contributed by atoms with Gasteiger partial charge in [-0.1, -0.05) is 18.7 Å². The molecule has 2 heteroatoms. The van der Waals surface area contributed by atoms with E-state index in [2.05, 4.69) is 17.6 Å². The van der Waals surface area contributed by atoms with Gasteiger partial charge in [0.1, 0.15) is 0 Å². The van der Waals surface area contributed by atoms with Crippen LogP contribution in [0.25, 0.3) is 0 Å². The van der Waals surface area contributed by atoms with Crippen LogP contribution in [0.5, 0.6) is 0 Å². The number of nitrogens with two attached hydrogens (primary N) is 1. The largest absolute Gasteiger partial charge is 0.399 e. The van der Waals surface area contributed by atoms with Crippen LogP contribution >= 0.6 is 0 Å². The molecule has 0 unspecified atom stereocenters. The molecule has 2 nitrogen and oxygen atoms in total. The van der Waals surface area contributed by atoms with Crippen LogP contribution in [0, 0.1) is 0 Å². The van der Waals surface area contributed by atoms with Crippen LogP contribution in [0.4, 0.5) is 0 Å². The number of hydrogen-bond acceptors (Lipinski definition) is 2. The lowest BCUT2D eigenvalue weighted by atomic mass is 10.3. The highest BCUT2D eigenvalue weighted by Gasteiger charge is 2.08. The van der Waals surface area contributed by atoms with Crippen molar-refractivity contribution < 1.29 is 0 Å². The van der Waals surface area contributed by atoms with E-state index in [4.69, 9.17) is 5.73 Å². The summed E-state index contributed by atoms with van der Waals surface area (Å²) in [5.41, 5.74) is 6.43. The summed E-state index contributed by atoms with van der Waals surface area (Å²) in [6.45, 7) is 7.07. The molecular weight excluding hydrogens is 160 g/mol. The first-order valence-corrected chi connectivity index (χ1v) is 4.80. The van der Waals surface area contributed by atoms with Crippen LogP contribution in [0.1, 0.15) is 12.8 Å². The summed E-state index contributed by atoms with van der Waals surface area (Å²) in [6, 6.07) is 0. The van der Waals surface area contributed by atoms with Gasteiger partial charge >= 0.3 is 0 Å². The van der Waals surface area contributed by atoms with E-state index in [1.165, 1.54) is 25.9 Å². The molecule has 13 heavy (non-hydrogen) atoms. The van der Waals surface area contributed by atoms with Crippen molar-refractivity contribution in [2.24, 2.45) is 5.73 Å². The summed E-state index contributed by atoms with van der Waals surface area (Å²) in [4.78, 5) is 2.43. The first kappa shape index (κ1) is 10.1. The number of allylic oxidation sites excluding steroid dienone is 3. The Bertz CT molecular complexity index is 210. The molecule has 1 aliphatic rings. The summed E-state index contributed by atoms with van der Waals surface area (Å²) in [6.07, 6.45) is 10.2. The Kier molecular flexibility index (Phi) is 4.33. The smallest absolute Gasteiger partial charge is 0.0311 e. The molecule has 1 fully saturated rings. The highest BCUT2D eigenvalue weighted by atomic mass is 15.1. The standard InChI is InChI=1S/C11H18N2/c1-2-6-11(12)7-5-10-13-8-3-4-9-13/h2,5-7H,1,3-4,8-10,12H2/b7-5-,11-6+. The second kappa shape index (κ2) is 5.60. The molecule has 1 saturated heterocycles. The Morgan fingerprint density at radius 2 is 2.08 bits per heavy atom. The summed E-state index contributed by atoms with van der Waals surface area (Å²) in [5, 5.41) is 0. The van der Waals surface area contributed by atoms with Gasteiger partial charge in [-0.2, -0.15) is 0 Å². The lowest BCUT2D eigenvalue weighted by Gasteiger charge is -2.10. The normalized spacial score (nSPS) is 19.8. The summed E-state index contributed by atoms with van der Waals surface area (Å²) >= 11 is 0. The van der Waals surface area contributed by atoms with Crippen molar-refractivity contribution in [2.75, 3.05) is 19.6 Å². The Labute approximate surface area is 80.4 Å². The van der Waals surface area contributed by atoms with E-state index < -0.39 is 0 Å². The predicted octanol–water partition coefficient (Wildman–Crippen LogP) is 1.67. The maximum absolute atomic E-state index is 5.65. The topological polar surface area (TPSA) is 29.3 Å². The van der Waals surface area contributed by atoms with Crippen LogP contribution in [0.15, 0.2) is 36.6 Å². The molecule has 0 radical (unpaired) electrons. The van der Waals surface area contributed by atoms with Crippen LogP contribution in [0.3, 0.4) is 0 Å². The average molecular weight is 178 g/mol. The molecule has 0 saturated carbocycles. The average Bonchev–Trinajstić information content (AvgIpc) is 2.57. The first-order chi connectivity index (χ1) is 6.33. The fraction of sp³-hybridized carbons (Fsp3) is 0.455. The molecule has 0 aromatic carbocycles. The van der Waals surface area contributed by atoms with Gasteiger partial charge in [0.2, 0.25) is 0 Å². The van der Waals surface area contributed by atoms with Gasteiger partial charge in [0.25, 0.3) is 0 Å². The Balaban J connectivity index is 2.23. The molecule has 1 rings (SSSR count). The third-order valence-corrected chi connectivity index (χ3v) is 2.18. The molecular formula is C11H18N2. The van der Waals surface area contributed by atoms with E-state index in [1.807, 2.05) is 6.08 Å². The van der Waals surface area contributed by atoms with Gasteiger partial charge < -0.3 is 5.73 Å². The minimum atomic E-state index is 0.772. The van der Waals surface area contributed by atoms with E-state index in [9.17, 15) is 0 Å². The van der Waals surface area contributed by atoms with E-state index in [0.29, 0.717) is 0 Å². The zero-order valence-electron chi connectivity index (χ0n) is 8.08. The number of nitrogens with zero attached hydrogens (tertiary/aromatic N) is 1. The lowest BCUT2D eigenvalue weighted by Crippen LogP contribution is -2.18. The lowest BCUT2D eigenvalue weighted by molar-refractivity contribution is 0.377. The number of likely N-dealkylation sites (tertiary alicyclic amines) is 1. The first-order valence-electron chi connectivity index (χ1n) is 4.80. The van der Waals surface area contributed by atoms with E-state index in [0.717, 1.165) is 12.2 Å². The summed E-state index contributed by atoms with van der Waals surface area (Å²) in [5.74, 6) is 0. The second-order valence-electron chi connectivity index (χ2n) is 3.31. The van der Waals surface area contributed by atoms with Crippen molar-refractivity contribution in [1.82, 2.24) is 4.90 Å². The maximum Gasteiger partial charge on any atom is 0.0311 e. The van der Waals surface area contributed by atoms with Gasteiger partial charge in [0.05, 0.1) is 0 Å². The Morgan fingerprint density at radius 3 is 2.69 bits per heavy atom. The van der Waals surface area contributed by atoms with Crippen molar-refractivity contribution in [3.05, 3.63) is 36.6 Å². The van der Waals surface area contributed by atoms with Crippen molar-refractivity contribution in [2.45, 2.75) is 12.8 Å². The molecule has 0 aromatic heterocycles. The van der Waals surface area contributed by atoms with Crippen molar-refractivity contribution in [3.63, 3.8) is 0 Å². The van der Waals surface area contributed by atoms with Gasteiger partial charge in [-0.3, -0.25) is 4.90 Å². The van der Waals surface area contributed by atoms with Gasteiger partial charge in [-0.05, 0) is 38.1 Å². The van der Waals surface area contributed by atoms with Crippen LogP contribution in [-0.2, 0) is 0 Å². The third kappa shape index (κ3) is 3.95. The summed E-state index contributed by atoms with van der Waals surface area (Å²) < 4.78 is 0. The molecule has 0 amide bonds. The van der Waals surface area contributed by atoms with Gasteiger partial charge in [-0.25, -0.2) is 0 Å². The van der Waals surface area contributed by atoms with Gasteiger partial charge in [0.15, 0.2) is 0 Å². The van der Waals surface area contributed by atoms with E-state index >= 15 is 0 Å². The number of rotatable bonds is 4. The molecule has 1 heterocycles. The molecule has 2 N–H and O–H groups in total. The van der Waals surface area contributed by atoms with E-state index in [-0.39, 0.29) is 0 Å². The van der Waals surface area contributed by atoms with Crippen LogP contribution in [-0.4, -0.2) is 24.5 Å². The molecule has 0 bridgehead atoms. The predicted molar refractivity (Wildman–Crippen MR) is 57.3 cm³/mol. The Morgan fingerprint density at radius 1 is 1.38 bits per heavy atom. The Hall–Kier alpha value is -1.02. The molecule has 72 valence electrons. The molecule has 0 aliphatic carbocycles. The quantitative estimate of drug-likeness (QED) is 0.663. The van der Waals surface area contributed by atoms with Crippen molar-refractivity contribution in [1.29, 1.82) is 0 Å². The van der Waals surface area contributed by atoms with Crippen LogP contribution in [0.2, 0.25) is 0 Å². The second-order valence-corrected chi connectivity index (χ2v) is 3.31. The van der Waals surface area contributed by atoms with E-state index in [1.54, 1.807) is 12.2 Å². The van der Waals surface area contributed by atoms with Crippen molar-refractivity contribution >= 4 is 0 Å². The zero-order chi connectivity index (χ0) is 9.52. The number of hydrogen-bond donors (Lipinski definition) is 1. The minimum absolute atomic E-state index is 0.772. The minimum Gasteiger partial charge on any atom is -0.399 e. The monoisotopic (exact) mass is 178 g/mol. The maximum atomic E-state index is 5.65. The fourth-order valence-corrected chi connectivity index (χ4v) is 1.49. The molecule has 1 aliphatic heterocycles. The fourth-order valence-electron chi connectivity index (χ4n) is 1.49. The van der Waals surface area contributed by atoms with Crippen molar-refractivity contribution in [3.8, 4) is 0 Å². The highest BCUT2D eigenvalue weighted by molar-refractivity contribution is 5.19. The molecule has 0 aromatic rings. The van der Waals surface area contributed by atoms with Gasteiger partial charge in [0, 0.05) is 12.2 Å². The third-order valence-electron chi connectivity index (χ3n) is 2.18. The SMILES string of the molecule is C=C/C=C(N)\C=C/CN1CCCC1. The molecule has 0 atom stereocenters. The van der Waals surface area contributed by atoms with Gasteiger partial charge in [-0.15, -0.1) is 0 Å². The molecule has 0 spiro atoms. The highest BCUT2D eigenvalue weighted by Crippen LogP contribution is 2.06. The zero-order valence-corrected chi connectivity index (χ0v) is 8.08. The van der Waals surface area contributed by atoms with Crippen LogP contribution < -0.4 is 5.73 Å².